The smallest absolute Gasteiger partial charge is 0.253 e. The molecule has 8 heteroatoms. The number of fused-ring (bicyclic) bond motifs is 1. The number of aromatic nitrogens is 1. The maximum atomic E-state index is 12.5. The summed E-state index contributed by atoms with van der Waals surface area (Å²) < 4.78 is 32.2. The molecule has 1 fully saturated rings. The van der Waals surface area contributed by atoms with Gasteiger partial charge >= 0.3 is 0 Å². The number of carbonyl (C=O) groups is 1. The van der Waals surface area contributed by atoms with Crippen molar-refractivity contribution in [1.29, 1.82) is 0 Å². The van der Waals surface area contributed by atoms with Crippen LogP contribution < -0.4 is 10.0 Å². The van der Waals surface area contributed by atoms with Crippen molar-refractivity contribution in [2.45, 2.75) is 26.2 Å². The summed E-state index contributed by atoms with van der Waals surface area (Å²) >= 11 is 0. The SMILES string of the molecule is C=CCN(c1nc2oc(-c3ccc(C)cc3)c(C(N)=O)c2cc1CC1CC1)S(C)(=O)=O. The van der Waals surface area contributed by atoms with E-state index in [0.717, 1.165) is 30.2 Å². The maximum Gasteiger partial charge on any atom is 0.253 e. The third-order valence-electron chi connectivity index (χ3n) is 5.44. The molecule has 0 spiro atoms. The normalized spacial score (nSPS) is 14.0. The zero-order valence-corrected chi connectivity index (χ0v) is 18.4. The lowest BCUT2D eigenvalue weighted by atomic mass is 10.0. The molecule has 1 amide bonds. The van der Waals surface area contributed by atoms with Gasteiger partial charge in [-0.1, -0.05) is 35.9 Å². The maximum absolute atomic E-state index is 12.5. The van der Waals surface area contributed by atoms with Crippen LogP contribution in [0, 0.1) is 12.8 Å². The first kappa shape index (κ1) is 21.1. The molecule has 0 atom stereocenters. The molecule has 0 unspecified atom stereocenters. The number of carbonyl (C=O) groups excluding carboxylic acids is 1. The number of rotatable bonds is 8. The predicted octanol–water partition coefficient (Wildman–Crippen LogP) is 3.81. The summed E-state index contributed by atoms with van der Waals surface area (Å²) in [6.45, 7) is 5.73. The van der Waals surface area contributed by atoms with Gasteiger partial charge in [-0.3, -0.25) is 4.79 Å². The number of anilines is 1. The average molecular weight is 440 g/mol. The van der Waals surface area contributed by atoms with Crippen LogP contribution in [0.25, 0.3) is 22.4 Å². The standard InChI is InChI=1S/C23H25N3O4S/c1-4-11-26(31(3,28)29)22-17(12-15-7-8-15)13-18-19(21(24)27)20(30-23(18)25-22)16-9-5-14(2)6-10-16/h4-6,9-10,13,15H,1,7-8,11-12H2,2-3H3,(H2,24,27). The van der Waals surface area contributed by atoms with E-state index in [1.165, 1.54) is 10.4 Å². The highest BCUT2D eigenvalue weighted by Gasteiger charge is 2.30. The van der Waals surface area contributed by atoms with Crippen LogP contribution in [0.1, 0.15) is 34.3 Å². The molecule has 0 aliphatic heterocycles. The van der Waals surface area contributed by atoms with Gasteiger partial charge in [0.1, 0.15) is 11.6 Å². The lowest BCUT2D eigenvalue weighted by molar-refractivity contribution is 0.100. The van der Waals surface area contributed by atoms with E-state index in [2.05, 4.69) is 11.6 Å². The number of amides is 1. The highest BCUT2D eigenvalue weighted by atomic mass is 32.2. The molecule has 2 aromatic heterocycles. The molecule has 0 bridgehead atoms. The minimum atomic E-state index is -3.60. The van der Waals surface area contributed by atoms with E-state index < -0.39 is 15.9 Å². The minimum Gasteiger partial charge on any atom is -0.437 e. The van der Waals surface area contributed by atoms with E-state index in [0.29, 0.717) is 34.9 Å². The number of hydrogen-bond donors (Lipinski definition) is 1. The molecule has 1 aliphatic rings. The fourth-order valence-electron chi connectivity index (χ4n) is 3.70. The Hall–Kier alpha value is -3.13. The highest BCUT2D eigenvalue weighted by molar-refractivity contribution is 7.92. The van der Waals surface area contributed by atoms with Gasteiger partial charge in [0.2, 0.25) is 15.7 Å². The van der Waals surface area contributed by atoms with E-state index in [9.17, 15) is 13.2 Å². The van der Waals surface area contributed by atoms with Crippen LogP contribution in [0.4, 0.5) is 5.82 Å². The predicted molar refractivity (Wildman–Crippen MR) is 122 cm³/mol. The third-order valence-corrected chi connectivity index (χ3v) is 6.56. The molecule has 162 valence electrons. The molecule has 4 rings (SSSR count). The van der Waals surface area contributed by atoms with Crippen molar-refractivity contribution >= 4 is 32.8 Å². The largest absolute Gasteiger partial charge is 0.437 e. The molecule has 2 heterocycles. The summed E-state index contributed by atoms with van der Waals surface area (Å²) in [5.41, 5.74) is 8.68. The fraction of sp³-hybridized carbons (Fsp3) is 0.304. The number of furan rings is 1. The first-order valence-electron chi connectivity index (χ1n) is 10.1. The van der Waals surface area contributed by atoms with Crippen LogP contribution in [-0.4, -0.2) is 32.1 Å². The van der Waals surface area contributed by atoms with E-state index in [1.54, 1.807) is 6.07 Å². The van der Waals surface area contributed by atoms with E-state index in [-0.39, 0.29) is 17.8 Å². The molecule has 0 radical (unpaired) electrons. The Labute approximate surface area is 181 Å². The van der Waals surface area contributed by atoms with Crippen molar-refractivity contribution < 1.29 is 17.6 Å². The Bertz CT molecular complexity index is 1270. The third kappa shape index (κ3) is 4.20. The van der Waals surface area contributed by atoms with Crippen LogP contribution >= 0.6 is 0 Å². The van der Waals surface area contributed by atoms with Gasteiger partial charge in [0.15, 0.2) is 0 Å². The van der Waals surface area contributed by atoms with Crippen molar-refractivity contribution in [3.05, 3.63) is 59.7 Å². The van der Waals surface area contributed by atoms with E-state index in [1.807, 2.05) is 31.2 Å². The highest BCUT2D eigenvalue weighted by Crippen LogP contribution is 2.39. The van der Waals surface area contributed by atoms with E-state index in [4.69, 9.17) is 10.2 Å². The average Bonchev–Trinajstić information content (AvgIpc) is 3.43. The summed E-state index contributed by atoms with van der Waals surface area (Å²) in [5, 5.41) is 0.495. The van der Waals surface area contributed by atoms with Gasteiger partial charge in [0, 0.05) is 5.56 Å². The quantitative estimate of drug-likeness (QED) is 0.537. The van der Waals surface area contributed by atoms with Gasteiger partial charge in [0.25, 0.3) is 5.91 Å². The zero-order chi connectivity index (χ0) is 22.3. The van der Waals surface area contributed by atoms with Crippen molar-refractivity contribution in [2.24, 2.45) is 11.7 Å². The second-order valence-electron chi connectivity index (χ2n) is 8.09. The molecule has 1 saturated carbocycles. The van der Waals surface area contributed by atoms with Gasteiger partial charge in [-0.05, 0) is 43.7 Å². The van der Waals surface area contributed by atoms with E-state index >= 15 is 0 Å². The number of sulfonamides is 1. The summed E-state index contributed by atoms with van der Waals surface area (Å²) in [6, 6.07) is 9.34. The van der Waals surface area contributed by atoms with Crippen molar-refractivity contribution in [2.75, 3.05) is 17.1 Å². The number of hydrogen-bond acceptors (Lipinski definition) is 5. The second-order valence-corrected chi connectivity index (χ2v) is 10.00. The van der Waals surface area contributed by atoms with Gasteiger partial charge in [-0.25, -0.2) is 12.7 Å². The summed E-state index contributed by atoms with van der Waals surface area (Å²) in [4.78, 5) is 17.0. The van der Waals surface area contributed by atoms with Crippen LogP contribution in [0.15, 0.2) is 47.4 Å². The lowest BCUT2D eigenvalue weighted by Gasteiger charge is -2.22. The Balaban J connectivity index is 1.98. The van der Waals surface area contributed by atoms with Crippen molar-refractivity contribution in [1.82, 2.24) is 4.98 Å². The van der Waals surface area contributed by atoms with Crippen molar-refractivity contribution in [3.8, 4) is 11.3 Å². The summed E-state index contributed by atoms with van der Waals surface area (Å²) in [5.74, 6) is 0.497. The Morgan fingerprint density at radius 1 is 1.32 bits per heavy atom. The van der Waals surface area contributed by atoms with Crippen LogP contribution in [0.2, 0.25) is 0 Å². The van der Waals surface area contributed by atoms with Crippen LogP contribution in [0.5, 0.6) is 0 Å². The van der Waals surface area contributed by atoms with Crippen molar-refractivity contribution in [3.63, 3.8) is 0 Å². The van der Waals surface area contributed by atoms with Gasteiger partial charge < -0.3 is 10.2 Å². The van der Waals surface area contributed by atoms with Gasteiger partial charge in [-0.15, -0.1) is 6.58 Å². The lowest BCUT2D eigenvalue weighted by Crippen LogP contribution is -2.31. The zero-order valence-electron chi connectivity index (χ0n) is 17.6. The minimum absolute atomic E-state index is 0.0865. The molecule has 0 saturated heterocycles. The number of benzene rings is 1. The number of pyridine rings is 1. The monoisotopic (exact) mass is 439 g/mol. The number of nitrogens with zero attached hydrogens (tertiary/aromatic N) is 2. The van der Waals surface area contributed by atoms with Gasteiger partial charge in [0.05, 0.1) is 23.8 Å². The number of nitrogens with two attached hydrogens (primary N) is 1. The van der Waals surface area contributed by atoms with Gasteiger partial charge in [-0.2, -0.15) is 4.98 Å². The Morgan fingerprint density at radius 2 is 2.00 bits per heavy atom. The molecule has 31 heavy (non-hydrogen) atoms. The molecule has 2 N–H and O–H groups in total. The number of aryl methyl sites for hydroxylation is 1. The first-order chi connectivity index (χ1) is 14.7. The summed E-state index contributed by atoms with van der Waals surface area (Å²) in [7, 11) is -3.60. The Morgan fingerprint density at radius 3 is 2.55 bits per heavy atom. The molecule has 1 aliphatic carbocycles. The molecule has 7 nitrogen and oxygen atoms in total. The van der Waals surface area contributed by atoms with Crippen LogP contribution in [-0.2, 0) is 16.4 Å². The molecular formula is C23H25N3O4S. The fourth-order valence-corrected chi connectivity index (χ4v) is 4.55. The molecular weight excluding hydrogens is 414 g/mol. The Kier molecular flexibility index (Phi) is 5.35. The first-order valence-corrected chi connectivity index (χ1v) is 12.0. The number of primary amides is 1. The second kappa shape index (κ2) is 7.85. The molecule has 1 aromatic carbocycles. The molecule has 3 aromatic rings. The van der Waals surface area contributed by atoms with Crippen LogP contribution in [0.3, 0.4) is 0 Å². The summed E-state index contributed by atoms with van der Waals surface area (Å²) in [6.07, 6.45) is 5.49. The topological polar surface area (TPSA) is 106 Å².